The normalized spacial score (nSPS) is 11.0. The van der Waals surface area contributed by atoms with Gasteiger partial charge in [-0.05, 0) is 19.9 Å². The number of aliphatic hydroxyl groups is 1. The number of nitrogens with zero attached hydrogens (tertiary/aromatic N) is 3. The molecule has 0 radical (unpaired) electrons. The van der Waals surface area contributed by atoms with E-state index in [0.29, 0.717) is 16.3 Å². The summed E-state index contributed by atoms with van der Waals surface area (Å²) in [5.41, 5.74) is 0.656. The Labute approximate surface area is 116 Å². The van der Waals surface area contributed by atoms with Crippen LogP contribution >= 0.6 is 11.6 Å². The fraction of sp³-hybridized carbons (Fsp3) is 0.385. The van der Waals surface area contributed by atoms with Crippen molar-refractivity contribution in [3.05, 3.63) is 40.9 Å². The molecule has 0 aliphatic rings. The molecule has 1 heterocycles. The van der Waals surface area contributed by atoms with Gasteiger partial charge in [-0.2, -0.15) is 5.10 Å². The lowest BCUT2D eigenvalue weighted by molar-refractivity contribution is 0.251. The summed E-state index contributed by atoms with van der Waals surface area (Å²) in [5, 5.41) is 13.9. The fourth-order valence-electron chi connectivity index (χ4n) is 1.79. The van der Waals surface area contributed by atoms with Crippen LogP contribution in [0.25, 0.3) is 0 Å². The Bertz CT molecular complexity index is 555. The molecule has 0 amide bonds. The number of hydrogen-bond donors (Lipinski definition) is 1. The lowest BCUT2D eigenvalue weighted by Gasteiger charge is -2.13. The number of benzene rings is 1. The average Bonchev–Trinajstić information content (AvgIpc) is 2.85. The molecule has 1 N–H and O–H groups in total. The second kappa shape index (κ2) is 6.04. The van der Waals surface area contributed by atoms with E-state index in [-0.39, 0.29) is 19.3 Å². The number of rotatable bonds is 5. The summed E-state index contributed by atoms with van der Waals surface area (Å²) >= 11 is 6.07. The van der Waals surface area contributed by atoms with Gasteiger partial charge in [0.2, 0.25) is 0 Å². The Hall–Kier alpha value is -1.59. The van der Waals surface area contributed by atoms with Gasteiger partial charge in [0.05, 0.1) is 11.6 Å². The van der Waals surface area contributed by atoms with Crippen molar-refractivity contribution in [2.75, 3.05) is 0 Å². The van der Waals surface area contributed by atoms with Crippen molar-refractivity contribution in [3.63, 3.8) is 0 Å². The van der Waals surface area contributed by atoms with E-state index in [1.807, 2.05) is 13.8 Å². The lowest BCUT2D eigenvalue weighted by Crippen LogP contribution is -2.11. The summed E-state index contributed by atoms with van der Waals surface area (Å²) in [6.07, 6.45) is 1.50. The van der Waals surface area contributed by atoms with Crippen molar-refractivity contribution >= 4 is 11.6 Å². The van der Waals surface area contributed by atoms with E-state index in [4.69, 9.17) is 16.3 Å². The van der Waals surface area contributed by atoms with Crippen LogP contribution in [-0.4, -0.2) is 19.9 Å². The zero-order valence-corrected chi connectivity index (χ0v) is 11.6. The maximum Gasteiger partial charge on any atom is 0.165 e. The molecule has 0 atom stereocenters. The molecule has 2 rings (SSSR count). The van der Waals surface area contributed by atoms with Crippen molar-refractivity contribution in [2.45, 2.75) is 33.1 Å². The summed E-state index contributed by atoms with van der Waals surface area (Å²) in [4.78, 5) is 4.16. The zero-order valence-electron chi connectivity index (χ0n) is 10.9. The summed E-state index contributed by atoms with van der Waals surface area (Å²) in [6.45, 7) is 4.18. The van der Waals surface area contributed by atoms with Crippen molar-refractivity contribution in [1.29, 1.82) is 0 Å². The van der Waals surface area contributed by atoms with E-state index < -0.39 is 0 Å². The van der Waals surface area contributed by atoms with Gasteiger partial charge in [0.1, 0.15) is 18.7 Å². The highest BCUT2D eigenvalue weighted by molar-refractivity contribution is 6.32. The predicted molar refractivity (Wildman–Crippen MR) is 72.1 cm³/mol. The Morgan fingerprint density at radius 1 is 1.42 bits per heavy atom. The van der Waals surface area contributed by atoms with Crippen molar-refractivity contribution in [1.82, 2.24) is 14.8 Å². The Morgan fingerprint density at radius 3 is 2.89 bits per heavy atom. The largest absolute Gasteiger partial charge is 0.484 e. The molecule has 0 spiro atoms. The maximum absolute atomic E-state index is 9.27. The molecule has 2 aromatic rings. The molecule has 0 bridgehead atoms. The van der Waals surface area contributed by atoms with Crippen molar-refractivity contribution in [2.24, 2.45) is 0 Å². The van der Waals surface area contributed by atoms with E-state index >= 15 is 0 Å². The highest BCUT2D eigenvalue weighted by Gasteiger charge is 2.12. The molecule has 0 unspecified atom stereocenters. The Morgan fingerprint density at radius 2 is 2.21 bits per heavy atom. The molecule has 6 heteroatoms. The molecule has 1 aromatic heterocycles. The first-order valence-electron chi connectivity index (χ1n) is 6.03. The monoisotopic (exact) mass is 281 g/mol. The van der Waals surface area contributed by atoms with Crippen LogP contribution in [0.5, 0.6) is 5.75 Å². The third-order valence-corrected chi connectivity index (χ3v) is 3.00. The average molecular weight is 282 g/mol. The Kier molecular flexibility index (Phi) is 4.39. The van der Waals surface area contributed by atoms with E-state index in [1.54, 1.807) is 22.9 Å². The standard InChI is InChI=1S/C13H16ClN3O2/c1-9(2)17-12(15-8-16-17)7-19-13-10(6-18)4-3-5-11(13)14/h3-5,8-9,18H,6-7H2,1-2H3. The minimum absolute atomic E-state index is 0.118. The van der Waals surface area contributed by atoms with Crippen LogP contribution in [0.4, 0.5) is 0 Å². The minimum Gasteiger partial charge on any atom is -0.484 e. The quantitative estimate of drug-likeness (QED) is 0.915. The Balaban J connectivity index is 2.17. The first-order valence-corrected chi connectivity index (χ1v) is 6.40. The number of hydrogen-bond acceptors (Lipinski definition) is 4. The van der Waals surface area contributed by atoms with E-state index in [9.17, 15) is 5.11 Å². The second-order valence-electron chi connectivity index (χ2n) is 4.39. The van der Waals surface area contributed by atoms with Crippen molar-refractivity contribution in [3.8, 4) is 5.75 Å². The summed E-state index contributed by atoms with van der Waals surface area (Å²) in [6, 6.07) is 5.49. The molecule has 0 aliphatic carbocycles. The molecular formula is C13H16ClN3O2. The van der Waals surface area contributed by atoms with E-state index in [0.717, 1.165) is 5.82 Å². The molecule has 1 aromatic carbocycles. The smallest absolute Gasteiger partial charge is 0.165 e. The number of para-hydroxylation sites is 1. The first-order chi connectivity index (χ1) is 9.13. The van der Waals surface area contributed by atoms with Crippen LogP contribution in [0.1, 0.15) is 31.3 Å². The van der Waals surface area contributed by atoms with E-state index in [2.05, 4.69) is 10.1 Å². The van der Waals surface area contributed by atoms with Gasteiger partial charge in [0.25, 0.3) is 0 Å². The molecule has 102 valence electrons. The predicted octanol–water partition coefficient (Wildman–Crippen LogP) is 2.58. The van der Waals surface area contributed by atoms with Gasteiger partial charge in [0.15, 0.2) is 5.82 Å². The van der Waals surface area contributed by atoms with Crippen LogP contribution in [-0.2, 0) is 13.2 Å². The van der Waals surface area contributed by atoms with Gasteiger partial charge in [-0.3, -0.25) is 0 Å². The summed E-state index contributed by atoms with van der Waals surface area (Å²) < 4.78 is 7.47. The number of halogens is 1. The third kappa shape index (κ3) is 3.05. The minimum atomic E-state index is -0.118. The molecule has 5 nitrogen and oxygen atoms in total. The SMILES string of the molecule is CC(C)n1ncnc1COc1c(Cl)cccc1CO. The zero-order chi connectivity index (χ0) is 13.8. The second-order valence-corrected chi connectivity index (χ2v) is 4.80. The molecule has 0 saturated carbocycles. The molecule has 0 fully saturated rings. The van der Waals surface area contributed by atoms with Gasteiger partial charge >= 0.3 is 0 Å². The third-order valence-electron chi connectivity index (χ3n) is 2.70. The van der Waals surface area contributed by atoms with E-state index in [1.165, 1.54) is 6.33 Å². The van der Waals surface area contributed by atoms with Gasteiger partial charge in [-0.1, -0.05) is 23.7 Å². The number of aromatic nitrogens is 3. The molecular weight excluding hydrogens is 266 g/mol. The maximum atomic E-state index is 9.27. The summed E-state index contributed by atoms with van der Waals surface area (Å²) in [5.74, 6) is 1.21. The molecule has 0 saturated heterocycles. The molecule has 0 aliphatic heterocycles. The molecule has 19 heavy (non-hydrogen) atoms. The highest BCUT2D eigenvalue weighted by Crippen LogP contribution is 2.29. The van der Waals surface area contributed by atoms with Gasteiger partial charge in [0, 0.05) is 11.6 Å². The van der Waals surface area contributed by atoms with Gasteiger partial charge in [-0.25, -0.2) is 9.67 Å². The van der Waals surface area contributed by atoms with Gasteiger partial charge < -0.3 is 9.84 Å². The highest BCUT2D eigenvalue weighted by atomic mass is 35.5. The van der Waals surface area contributed by atoms with Crippen LogP contribution < -0.4 is 4.74 Å². The number of aliphatic hydroxyl groups excluding tert-OH is 1. The fourth-order valence-corrected chi connectivity index (χ4v) is 2.03. The van der Waals surface area contributed by atoms with Crippen LogP contribution in [0.3, 0.4) is 0 Å². The van der Waals surface area contributed by atoms with Crippen LogP contribution in [0, 0.1) is 0 Å². The topological polar surface area (TPSA) is 60.2 Å². The van der Waals surface area contributed by atoms with Crippen LogP contribution in [0.15, 0.2) is 24.5 Å². The summed E-state index contributed by atoms with van der Waals surface area (Å²) in [7, 11) is 0. The van der Waals surface area contributed by atoms with Gasteiger partial charge in [-0.15, -0.1) is 0 Å². The first kappa shape index (κ1) is 13.8. The number of ether oxygens (including phenoxy) is 1. The van der Waals surface area contributed by atoms with Crippen LogP contribution in [0.2, 0.25) is 5.02 Å². The lowest BCUT2D eigenvalue weighted by atomic mass is 10.2. The van der Waals surface area contributed by atoms with Crippen molar-refractivity contribution < 1.29 is 9.84 Å².